The standard InChI is InChI=1S/C24H28N6O2/c1-3-16(2)18(25)15-23(31)32-21-12-8-7-11-20(21)27-24(26)28-22-14-13-19(29-30-22)17-9-5-4-6-10-17/h4-14,16,18H,3,15,25H2,1-2H3,(H3,26,27,28,30). The van der Waals surface area contributed by atoms with Crippen LogP contribution in [-0.4, -0.2) is 28.2 Å². The van der Waals surface area contributed by atoms with E-state index >= 15 is 0 Å². The maximum absolute atomic E-state index is 12.3. The van der Waals surface area contributed by atoms with Crippen molar-refractivity contribution in [2.24, 2.45) is 22.4 Å². The third kappa shape index (κ3) is 6.36. The Bertz CT molecular complexity index is 1050. The summed E-state index contributed by atoms with van der Waals surface area (Å²) in [6, 6.07) is 20.0. The van der Waals surface area contributed by atoms with Crippen LogP contribution in [0.5, 0.6) is 5.75 Å². The number of ether oxygens (including phenoxy) is 1. The summed E-state index contributed by atoms with van der Waals surface area (Å²) in [4.78, 5) is 16.6. The van der Waals surface area contributed by atoms with Crippen LogP contribution >= 0.6 is 0 Å². The number of rotatable bonds is 8. The predicted octanol–water partition coefficient (Wildman–Crippen LogP) is 3.87. The average Bonchev–Trinajstić information content (AvgIpc) is 2.80. The van der Waals surface area contributed by atoms with Gasteiger partial charge in [0.25, 0.3) is 0 Å². The number of nitrogens with two attached hydrogens (primary N) is 2. The van der Waals surface area contributed by atoms with Crippen LogP contribution in [0.15, 0.2) is 71.7 Å². The summed E-state index contributed by atoms with van der Waals surface area (Å²) in [5.41, 5.74) is 14.3. The van der Waals surface area contributed by atoms with Crippen LogP contribution in [0.3, 0.4) is 0 Å². The predicted molar refractivity (Wildman–Crippen MR) is 126 cm³/mol. The smallest absolute Gasteiger partial charge is 0.312 e. The molecule has 0 radical (unpaired) electrons. The highest BCUT2D eigenvalue weighted by molar-refractivity contribution is 5.95. The maximum Gasteiger partial charge on any atom is 0.312 e. The molecule has 0 fully saturated rings. The zero-order chi connectivity index (χ0) is 22.9. The first-order chi connectivity index (χ1) is 15.5. The van der Waals surface area contributed by atoms with Crippen molar-refractivity contribution in [3.05, 3.63) is 66.7 Å². The molecule has 0 aliphatic rings. The molecule has 3 rings (SSSR count). The third-order valence-corrected chi connectivity index (χ3v) is 5.11. The van der Waals surface area contributed by atoms with Crippen LogP contribution in [0, 0.1) is 5.92 Å². The normalized spacial score (nSPS) is 13.3. The Morgan fingerprint density at radius 2 is 1.78 bits per heavy atom. The number of nitrogens with one attached hydrogen (secondary N) is 1. The molecular weight excluding hydrogens is 404 g/mol. The molecule has 0 spiro atoms. The molecule has 0 bridgehead atoms. The third-order valence-electron chi connectivity index (χ3n) is 5.11. The lowest BCUT2D eigenvalue weighted by molar-refractivity contribution is -0.135. The van der Waals surface area contributed by atoms with E-state index in [1.807, 2.05) is 50.2 Å². The zero-order valence-corrected chi connectivity index (χ0v) is 18.2. The fourth-order valence-electron chi connectivity index (χ4n) is 2.96. The Morgan fingerprint density at radius 3 is 2.47 bits per heavy atom. The SMILES string of the molecule is CCC(C)C(N)CC(=O)Oc1ccccc1NC(N)=Nc1ccc(-c2ccccc2)nn1. The van der Waals surface area contributed by atoms with Gasteiger partial charge in [0, 0.05) is 11.6 Å². The Morgan fingerprint density at radius 1 is 1.06 bits per heavy atom. The minimum Gasteiger partial charge on any atom is -0.424 e. The molecule has 2 unspecified atom stereocenters. The molecule has 0 saturated carbocycles. The number of nitrogens with zero attached hydrogens (tertiary/aromatic N) is 3. The topological polar surface area (TPSA) is 129 Å². The summed E-state index contributed by atoms with van der Waals surface area (Å²) in [5, 5.41) is 11.3. The van der Waals surface area contributed by atoms with E-state index in [0.717, 1.165) is 17.7 Å². The summed E-state index contributed by atoms with van der Waals surface area (Å²) in [7, 11) is 0. The van der Waals surface area contributed by atoms with Gasteiger partial charge in [-0.3, -0.25) is 4.79 Å². The molecule has 2 aromatic carbocycles. The first-order valence-electron chi connectivity index (χ1n) is 10.5. The van der Waals surface area contributed by atoms with Crippen LogP contribution in [-0.2, 0) is 4.79 Å². The van der Waals surface area contributed by atoms with Gasteiger partial charge in [0.15, 0.2) is 17.5 Å². The molecule has 5 N–H and O–H groups in total. The molecule has 1 aromatic heterocycles. The number of anilines is 1. The number of guanidine groups is 1. The van der Waals surface area contributed by atoms with Crippen molar-refractivity contribution < 1.29 is 9.53 Å². The van der Waals surface area contributed by atoms with E-state index in [-0.39, 0.29) is 24.3 Å². The Kier molecular flexibility index (Phi) is 7.88. The van der Waals surface area contributed by atoms with E-state index < -0.39 is 5.97 Å². The van der Waals surface area contributed by atoms with Gasteiger partial charge in [0.2, 0.25) is 0 Å². The van der Waals surface area contributed by atoms with Gasteiger partial charge in [-0.15, -0.1) is 10.2 Å². The molecule has 0 aliphatic carbocycles. The van der Waals surface area contributed by atoms with Crippen molar-refractivity contribution in [3.63, 3.8) is 0 Å². The summed E-state index contributed by atoms with van der Waals surface area (Å²) < 4.78 is 5.51. The number of benzene rings is 2. The minimum absolute atomic E-state index is 0.0894. The van der Waals surface area contributed by atoms with Crippen molar-refractivity contribution in [2.45, 2.75) is 32.7 Å². The van der Waals surface area contributed by atoms with Crippen molar-refractivity contribution in [1.82, 2.24) is 10.2 Å². The number of esters is 1. The van der Waals surface area contributed by atoms with Gasteiger partial charge < -0.3 is 21.5 Å². The summed E-state index contributed by atoms with van der Waals surface area (Å²) in [6.07, 6.45) is 1.03. The van der Waals surface area contributed by atoms with Crippen LogP contribution in [0.25, 0.3) is 11.3 Å². The molecule has 8 heteroatoms. The highest BCUT2D eigenvalue weighted by Crippen LogP contribution is 2.25. The largest absolute Gasteiger partial charge is 0.424 e. The monoisotopic (exact) mass is 432 g/mol. The quantitative estimate of drug-likeness (QED) is 0.213. The lowest BCUT2D eigenvalue weighted by Crippen LogP contribution is -2.32. The second kappa shape index (κ2) is 11.0. The van der Waals surface area contributed by atoms with Gasteiger partial charge in [0.05, 0.1) is 17.8 Å². The minimum atomic E-state index is -0.398. The van der Waals surface area contributed by atoms with Gasteiger partial charge in [-0.25, -0.2) is 0 Å². The van der Waals surface area contributed by atoms with Crippen molar-refractivity contribution in [2.75, 3.05) is 5.32 Å². The molecule has 1 heterocycles. The van der Waals surface area contributed by atoms with E-state index in [2.05, 4.69) is 20.5 Å². The molecule has 2 atom stereocenters. The summed E-state index contributed by atoms with van der Waals surface area (Å²) >= 11 is 0. The van der Waals surface area contributed by atoms with Crippen molar-refractivity contribution >= 4 is 23.4 Å². The molecule has 3 aromatic rings. The first kappa shape index (κ1) is 22.9. The van der Waals surface area contributed by atoms with Crippen molar-refractivity contribution in [3.8, 4) is 17.0 Å². The molecule has 166 valence electrons. The van der Waals surface area contributed by atoms with Gasteiger partial charge in [-0.2, -0.15) is 4.99 Å². The Hall–Kier alpha value is -3.78. The van der Waals surface area contributed by atoms with Crippen LogP contribution in [0.1, 0.15) is 26.7 Å². The molecule has 0 amide bonds. The lowest BCUT2D eigenvalue weighted by atomic mass is 9.97. The second-order valence-corrected chi connectivity index (χ2v) is 7.49. The van der Waals surface area contributed by atoms with E-state index in [1.165, 1.54) is 0 Å². The number of carbonyl (C=O) groups is 1. The number of hydrogen-bond donors (Lipinski definition) is 3. The van der Waals surface area contributed by atoms with Crippen LogP contribution in [0.4, 0.5) is 11.5 Å². The highest BCUT2D eigenvalue weighted by Gasteiger charge is 2.18. The molecule has 8 nitrogen and oxygen atoms in total. The van der Waals surface area contributed by atoms with E-state index in [4.69, 9.17) is 16.2 Å². The van der Waals surface area contributed by atoms with Gasteiger partial charge in [-0.05, 0) is 30.2 Å². The lowest BCUT2D eigenvalue weighted by Gasteiger charge is -2.18. The molecule has 0 aliphatic heterocycles. The summed E-state index contributed by atoms with van der Waals surface area (Å²) in [6.45, 7) is 4.05. The average molecular weight is 433 g/mol. The fourth-order valence-corrected chi connectivity index (χ4v) is 2.96. The van der Waals surface area contributed by atoms with E-state index in [1.54, 1.807) is 30.3 Å². The Balaban J connectivity index is 1.67. The molecule has 32 heavy (non-hydrogen) atoms. The second-order valence-electron chi connectivity index (χ2n) is 7.49. The number of para-hydroxylation sites is 2. The number of hydrogen-bond acceptors (Lipinski definition) is 6. The van der Waals surface area contributed by atoms with E-state index in [0.29, 0.717) is 17.3 Å². The van der Waals surface area contributed by atoms with Crippen LogP contribution < -0.4 is 21.5 Å². The highest BCUT2D eigenvalue weighted by atomic mass is 16.5. The number of aliphatic imine (C=N–C) groups is 1. The summed E-state index contributed by atoms with van der Waals surface area (Å²) in [5.74, 6) is 0.616. The number of aromatic nitrogens is 2. The molecular formula is C24H28N6O2. The van der Waals surface area contributed by atoms with Crippen LogP contribution in [0.2, 0.25) is 0 Å². The van der Waals surface area contributed by atoms with Crippen molar-refractivity contribution in [1.29, 1.82) is 0 Å². The number of carbonyl (C=O) groups excluding carboxylic acids is 1. The van der Waals surface area contributed by atoms with E-state index in [9.17, 15) is 4.79 Å². The Labute approximate surface area is 187 Å². The first-order valence-corrected chi connectivity index (χ1v) is 10.5. The molecule has 0 saturated heterocycles. The fraction of sp³-hybridized carbons (Fsp3) is 0.250. The maximum atomic E-state index is 12.3. The van der Waals surface area contributed by atoms with Gasteiger partial charge in [0.1, 0.15) is 0 Å². The van der Waals surface area contributed by atoms with Gasteiger partial charge >= 0.3 is 5.97 Å². The zero-order valence-electron chi connectivity index (χ0n) is 18.2. The van der Waals surface area contributed by atoms with Gasteiger partial charge in [-0.1, -0.05) is 62.7 Å².